The first-order valence-corrected chi connectivity index (χ1v) is 7.15. The molecule has 1 atom stereocenters. The van der Waals surface area contributed by atoms with Gasteiger partial charge in [-0.25, -0.2) is 0 Å². The molecular formula is C15H27N3. The summed E-state index contributed by atoms with van der Waals surface area (Å²) in [5.41, 5.74) is 3.24. The van der Waals surface area contributed by atoms with Crippen molar-refractivity contribution in [1.29, 1.82) is 0 Å². The molecule has 1 aliphatic carbocycles. The van der Waals surface area contributed by atoms with Crippen molar-refractivity contribution in [1.82, 2.24) is 15.1 Å². The highest BCUT2D eigenvalue weighted by atomic mass is 15.3. The van der Waals surface area contributed by atoms with E-state index < -0.39 is 0 Å². The highest BCUT2D eigenvalue weighted by Crippen LogP contribution is 2.40. The summed E-state index contributed by atoms with van der Waals surface area (Å²) in [7, 11) is 2.06. The van der Waals surface area contributed by atoms with E-state index in [2.05, 4.69) is 56.0 Å². The summed E-state index contributed by atoms with van der Waals surface area (Å²) in [4.78, 5) is 0. The zero-order valence-electron chi connectivity index (χ0n) is 12.5. The van der Waals surface area contributed by atoms with Crippen molar-refractivity contribution in [3.05, 3.63) is 17.5 Å². The lowest BCUT2D eigenvalue weighted by Gasteiger charge is -2.35. The third kappa shape index (κ3) is 2.77. The van der Waals surface area contributed by atoms with Crippen LogP contribution in [0.2, 0.25) is 0 Å². The molecule has 0 aliphatic heterocycles. The van der Waals surface area contributed by atoms with E-state index in [1.54, 1.807) is 0 Å². The van der Waals surface area contributed by atoms with Crippen LogP contribution in [0.5, 0.6) is 0 Å². The van der Waals surface area contributed by atoms with Crippen molar-refractivity contribution in [2.45, 2.75) is 59.5 Å². The fraction of sp³-hybridized carbons (Fsp3) is 0.800. The first kappa shape index (κ1) is 13.6. The smallest absolute Gasteiger partial charge is 0.0540 e. The summed E-state index contributed by atoms with van der Waals surface area (Å²) < 4.78 is 2.24. The van der Waals surface area contributed by atoms with Gasteiger partial charge in [-0.1, -0.05) is 27.7 Å². The highest BCUT2D eigenvalue weighted by Gasteiger charge is 2.34. The molecule has 0 fully saturated rings. The second-order valence-electron chi connectivity index (χ2n) is 6.84. The Balaban J connectivity index is 2.24. The Morgan fingerprint density at radius 1 is 1.50 bits per heavy atom. The van der Waals surface area contributed by atoms with Gasteiger partial charge in [0.2, 0.25) is 0 Å². The number of nitrogens with one attached hydrogen (secondary N) is 1. The zero-order valence-corrected chi connectivity index (χ0v) is 12.5. The van der Waals surface area contributed by atoms with Crippen LogP contribution >= 0.6 is 0 Å². The van der Waals surface area contributed by atoms with Crippen molar-refractivity contribution in [2.24, 2.45) is 11.3 Å². The number of nitrogens with zero attached hydrogens (tertiary/aromatic N) is 2. The monoisotopic (exact) mass is 249 g/mol. The van der Waals surface area contributed by atoms with Crippen molar-refractivity contribution in [2.75, 3.05) is 7.05 Å². The van der Waals surface area contributed by atoms with Gasteiger partial charge in [-0.2, -0.15) is 5.10 Å². The SMILES string of the molecule is CNC1CC(C)(C)Cc2c1cnn2CCC(C)C. The molecule has 1 aromatic heterocycles. The lowest BCUT2D eigenvalue weighted by atomic mass is 9.74. The average molecular weight is 249 g/mol. The molecule has 2 rings (SSSR count). The maximum Gasteiger partial charge on any atom is 0.0540 e. The minimum absolute atomic E-state index is 0.371. The fourth-order valence-electron chi connectivity index (χ4n) is 2.93. The van der Waals surface area contributed by atoms with Gasteiger partial charge in [0.15, 0.2) is 0 Å². The average Bonchev–Trinajstić information content (AvgIpc) is 2.66. The van der Waals surface area contributed by atoms with Crippen molar-refractivity contribution < 1.29 is 0 Å². The van der Waals surface area contributed by atoms with Gasteiger partial charge in [0, 0.05) is 23.8 Å². The van der Waals surface area contributed by atoms with Crippen LogP contribution in [0.4, 0.5) is 0 Å². The van der Waals surface area contributed by atoms with Gasteiger partial charge in [0.05, 0.1) is 6.20 Å². The van der Waals surface area contributed by atoms with Gasteiger partial charge in [-0.15, -0.1) is 0 Å². The number of hydrogen-bond donors (Lipinski definition) is 1. The molecule has 102 valence electrons. The quantitative estimate of drug-likeness (QED) is 0.888. The summed E-state index contributed by atoms with van der Waals surface area (Å²) in [5.74, 6) is 0.738. The lowest BCUT2D eigenvalue weighted by molar-refractivity contribution is 0.256. The number of aryl methyl sites for hydroxylation is 1. The fourth-order valence-corrected chi connectivity index (χ4v) is 2.93. The van der Waals surface area contributed by atoms with Crippen LogP contribution in [0.3, 0.4) is 0 Å². The van der Waals surface area contributed by atoms with Crippen LogP contribution in [0.1, 0.15) is 57.8 Å². The summed E-state index contributed by atoms with van der Waals surface area (Å²) in [5, 5.41) is 8.05. The molecule has 0 bridgehead atoms. The Morgan fingerprint density at radius 2 is 2.22 bits per heavy atom. The van der Waals surface area contributed by atoms with Crippen LogP contribution in [0.25, 0.3) is 0 Å². The molecule has 1 unspecified atom stereocenters. The molecular weight excluding hydrogens is 222 g/mol. The van der Waals surface area contributed by atoms with E-state index >= 15 is 0 Å². The number of hydrogen-bond acceptors (Lipinski definition) is 2. The van der Waals surface area contributed by atoms with Gasteiger partial charge in [0.1, 0.15) is 0 Å². The largest absolute Gasteiger partial charge is 0.313 e. The maximum atomic E-state index is 4.61. The van der Waals surface area contributed by atoms with Crippen molar-refractivity contribution in [3.63, 3.8) is 0 Å². The Hall–Kier alpha value is -0.830. The van der Waals surface area contributed by atoms with Crippen LogP contribution in [0, 0.1) is 11.3 Å². The van der Waals surface area contributed by atoms with E-state index in [0.717, 1.165) is 18.9 Å². The molecule has 0 spiro atoms. The molecule has 0 saturated carbocycles. The molecule has 1 aliphatic rings. The van der Waals surface area contributed by atoms with E-state index in [4.69, 9.17) is 0 Å². The van der Waals surface area contributed by atoms with Gasteiger partial charge in [-0.3, -0.25) is 4.68 Å². The molecule has 3 heteroatoms. The molecule has 0 radical (unpaired) electrons. The Bertz CT molecular complexity index is 404. The third-order valence-electron chi connectivity index (χ3n) is 4.03. The predicted octanol–water partition coefficient (Wildman–Crippen LogP) is 3.16. The lowest BCUT2D eigenvalue weighted by Crippen LogP contribution is -2.32. The minimum Gasteiger partial charge on any atom is -0.313 e. The van der Waals surface area contributed by atoms with Gasteiger partial charge >= 0.3 is 0 Å². The Morgan fingerprint density at radius 3 is 2.83 bits per heavy atom. The molecule has 1 aromatic rings. The molecule has 0 amide bonds. The Labute approximate surface area is 111 Å². The van der Waals surface area contributed by atoms with E-state index in [0.29, 0.717) is 11.5 Å². The molecule has 3 nitrogen and oxygen atoms in total. The second-order valence-corrected chi connectivity index (χ2v) is 6.84. The molecule has 0 saturated heterocycles. The number of aromatic nitrogens is 2. The predicted molar refractivity (Wildman–Crippen MR) is 75.6 cm³/mol. The van der Waals surface area contributed by atoms with Crippen molar-refractivity contribution >= 4 is 0 Å². The summed E-state index contributed by atoms with van der Waals surface area (Å²) in [6.07, 6.45) is 5.63. The Kier molecular flexibility index (Phi) is 3.81. The molecule has 18 heavy (non-hydrogen) atoms. The third-order valence-corrected chi connectivity index (χ3v) is 4.03. The van der Waals surface area contributed by atoms with Crippen LogP contribution in [-0.4, -0.2) is 16.8 Å². The van der Waals surface area contributed by atoms with Gasteiger partial charge in [0.25, 0.3) is 0 Å². The van der Waals surface area contributed by atoms with Gasteiger partial charge < -0.3 is 5.32 Å². The summed E-state index contributed by atoms with van der Waals surface area (Å²) in [6.45, 7) is 10.3. The normalized spacial score (nSPS) is 22.2. The van der Waals surface area contributed by atoms with Gasteiger partial charge in [-0.05, 0) is 37.6 Å². The zero-order chi connectivity index (χ0) is 13.3. The first-order chi connectivity index (χ1) is 8.43. The van der Waals surface area contributed by atoms with Crippen LogP contribution < -0.4 is 5.32 Å². The van der Waals surface area contributed by atoms with E-state index in [1.807, 2.05) is 0 Å². The van der Waals surface area contributed by atoms with E-state index in [-0.39, 0.29) is 0 Å². The van der Waals surface area contributed by atoms with Crippen molar-refractivity contribution in [3.8, 4) is 0 Å². The first-order valence-electron chi connectivity index (χ1n) is 7.15. The van der Waals surface area contributed by atoms with E-state index in [1.165, 1.54) is 24.1 Å². The molecule has 1 heterocycles. The minimum atomic E-state index is 0.371. The van der Waals surface area contributed by atoms with E-state index in [9.17, 15) is 0 Å². The maximum absolute atomic E-state index is 4.61. The number of fused-ring (bicyclic) bond motifs is 1. The topological polar surface area (TPSA) is 29.9 Å². The summed E-state index contributed by atoms with van der Waals surface area (Å²) >= 11 is 0. The summed E-state index contributed by atoms with van der Waals surface area (Å²) in [6, 6.07) is 0.469. The molecule has 1 N–H and O–H groups in total. The second kappa shape index (κ2) is 5.04. The number of rotatable bonds is 4. The highest BCUT2D eigenvalue weighted by molar-refractivity contribution is 5.27. The molecule has 0 aromatic carbocycles. The standard InChI is InChI=1S/C15H27N3/c1-11(2)6-7-18-14-9-15(3,4)8-13(16-5)12(14)10-17-18/h10-11,13,16H,6-9H2,1-5H3. The van der Waals surface area contributed by atoms with Crippen LogP contribution in [0.15, 0.2) is 6.20 Å². The van der Waals surface area contributed by atoms with Crippen LogP contribution in [-0.2, 0) is 13.0 Å².